The lowest BCUT2D eigenvalue weighted by molar-refractivity contribution is -0.137. The van der Waals surface area contributed by atoms with E-state index < -0.39 is 0 Å². The summed E-state index contributed by atoms with van der Waals surface area (Å²) >= 11 is 0. The number of ether oxygens (including phenoxy) is 1. The highest BCUT2D eigenvalue weighted by molar-refractivity contribution is 5.98. The third kappa shape index (κ3) is 2.42. The Hall–Kier alpha value is -2.10. The summed E-state index contributed by atoms with van der Waals surface area (Å²) in [5, 5.41) is 0. The summed E-state index contributed by atoms with van der Waals surface area (Å²) < 4.78 is 4.80. The number of carbonyl (C=O) groups is 2. The van der Waals surface area contributed by atoms with Gasteiger partial charge in [0.25, 0.3) is 5.91 Å². The first-order valence-electron chi connectivity index (χ1n) is 5.85. The van der Waals surface area contributed by atoms with Crippen LogP contribution in [0.3, 0.4) is 0 Å². The summed E-state index contributed by atoms with van der Waals surface area (Å²) in [7, 11) is 1.77. The van der Waals surface area contributed by atoms with Crippen LogP contribution in [-0.4, -0.2) is 30.4 Å². The van der Waals surface area contributed by atoms with Gasteiger partial charge in [0.05, 0.1) is 6.61 Å². The van der Waals surface area contributed by atoms with Gasteiger partial charge in [0.15, 0.2) is 0 Å². The predicted octanol–water partition coefficient (Wildman–Crippen LogP) is 1.85. The zero-order valence-corrected chi connectivity index (χ0v) is 10.5. The van der Waals surface area contributed by atoms with Crippen LogP contribution in [0.25, 0.3) is 6.08 Å². The Morgan fingerprint density at radius 3 is 3.00 bits per heavy atom. The second kappa shape index (κ2) is 5.04. The van der Waals surface area contributed by atoms with Gasteiger partial charge in [0.2, 0.25) is 0 Å². The molecule has 0 saturated heterocycles. The van der Waals surface area contributed by atoms with Crippen LogP contribution in [0, 0.1) is 0 Å². The van der Waals surface area contributed by atoms with E-state index in [-0.39, 0.29) is 11.9 Å². The van der Waals surface area contributed by atoms with Gasteiger partial charge >= 0.3 is 5.97 Å². The van der Waals surface area contributed by atoms with E-state index in [1.165, 1.54) is 6.08 Å². The zero-order valence-electron chi connectivity index (χ0n) is 10.5. The molecule has 0 atom stereocenters. The van der Waals surface area contributed by atoms with E-state index in [0.717, 1.165) is 16.7 Å². The van der Waals surface area contributed by atoms with Gasteiger partial charge in [-0.05, 0) is 36.3 Å². The van der Waals surface area contributed by atoms with Crippen LogP contribution in [0.1, 0.15) is 28.4 Å². The third-order valence-corrected chi connectivity index (χ3v) is 2.81. The molecule has 0 fully saturated rings. The van der Waals surface area contributed by atoms with Crippen molar-refractivity contribution in [3.63, 3.8) is 0 Å². The normalized spacial score (nSPS) is 14.1. The molecule has 0 saturated carbocycles. The molecule has 1 aliphatic heterocycles. The minimum absolute atomic E-state index is 0.0472. The lowest BCUT2D eigenvalue weighted by Crippen LogP contribution is -2.17. The van der Waals surface area contributed by atoms with Crippen molar-refractivity contribution in [2.45, 2.75) is 13.5 Å². The van der Waals surface area contributed by atoms with Gasteiger partial charge in [0, 0.05) is 25.2 Å². The van der Waals surface area contributed by atoms with E-state index in [2.05, 4.69) is 0 Å². The number of benzene rings is 1. The van der Waals surface area contributed by atoms with Crippen LogP contribution in [0.5, 0.6) is 0 Å². The molecule has 1 aromatic carbocycles. The average molecular weight is 245 g/mol. The van der Waals surface area contributed by atoms with E-state index in [4.69, 9.17) is 4.74 Å². The molecule has 0 aliphatic carbocycles. The Kier molecular flexibility index (Phi) is 3.46. The van der Waals surface area contributed by atoms with Gasteiger partial charge in [-0.3, -0.25) is 4.79 Å². The highest BCUT2D eigenvalue weighted by Crippen LogP contribution is 2.22. The maximum Gasteiger partial charge on any atom is 0.330 e. The summed E-state index contributed by atoms with van der Waals surface area (Å²) in [6.07, 6.45) is 3.09. The first-order chi connectivity index (χ1) is 8.61. The minimum atomic E-state index is -0.355. The molecule has 0 radical (unpaired) electrons. The molecule has 1 heterocycles. The maximum absolute atomic E-state index is 11.7. The molecule has 0 aromatic heterocycles. The first kappa shape index (κ1) is 12.4. The Labute approximate surface area is 106 Å². The third-order valence-electron chi connectivity index (χ3n) is 2.81. The summed E-state index contributed by atoms with van der Waals surface area (Å²) in [5.41, 5.74) is 2.63. The number of hydrogen-bond acceptors (Lipinski definition) is 3. The van der Waals surface area contributed by atoms with Crippen molar-refractivity contribution < 1.29 is 14.3 Å². The Morgan fingerprint density at radius 1 is 1.50 bits per heavy atom. The second-order valence-electron chi connectivity index (χ2n) is 4.16. The Morgan fingerprint density at radius 2 is 2.28 bits per heavy atom. The van der Waals surface area contributed by atoms with Crippen LogP contribution < -0.4 is 0 Å². The number of carbonyl (C=O) groups excluding carboxylic acids is 2. The molecule has 1 aliphatic rings. The summed E-state index contributed by atoms with van der Waals surface area (Å²) in [4.78, 5) is 24.5. The van der Waals surface area contributed by atoms with E-state index >= 15 is 0 Å². The fourth-order valence-corrected chi connectivity index (χ4v) is 1.94. The molecule has 2 rings (SSSR count). The minimum Gasteiger partial charge on any atom is -0.463 e. The zero-order chi connectivity index (χ0) is 13.1. The number of esters is 1. The molecule has 0 spiro atoms. The lowest BCUT2D eigenvalue weighted by atomic mass is 10.1. The van der Waals surface area contributed by atoms with Crippen LogP contribution in [0.2, 0.25) is 0 Å². The highest BCUT2D eigenvalue weighted by atomic mass is 16.5. The number of nitrogens with zero attached hydrogens (tertiary/aromatic N) is 1. The SMILES string of the molecule is CCOC(=O)C=Cc1ccc2c(c1)CN(C)C2=O. The van der Waals surface area contributed by atoms with Crippen LogP contribution in [0.15, 0.2) is 24.3 Å². The molecule has 4 nitrogen and oxygen atoms in total. The van der Waals surface area contributed by atoms with Gasteiger partial charge in [-0.25, -0.2) is 4.79 Å². The number of rotatable bonds is 3. The van der Waals surface area contributed by atoms with E-state index in [1.54, 1.807) is 31.0 Å². The first-order valence-corrected chi connectivity index (χ1v) is 5.85. The molecule has 1 aromatic rings. The van der Waals surface area contributed by atoms with Crippen LogP contribution in [0.4, 0.5) is 0 Å². The van der Waals surface area contributed by atoms with Gasteiger partial charge in [0.1, 0.15) is 0 Å². The molecule has 0 N–H and O–H groups in total. The monoisotopic (exact) mass is 245 g/mol. The van der Waals surface area contributed by atoms with Crippen molar-refractivity contribution in [3.8, 4) is 0 Å². The molecule has 1 amide bonds. The van der Waals surface area contributed by atoms with Gasteiger partial charge in [-0.2, -0.15) is 0 Å². The van der Waals surface area contributed by atoms with Gasteiger partial charge in [-0.1, -0.05) is 6.07 Å². The summed E-state index contributed by atoms with van der Waals surface area (Å²) in [5.74, 6) is -0.308. The van der Waals surface area contributed by atoms with E-state index in [0.29, 0.717) is 13.2 Å². The quantitative estimate of drug-likeness (QED) is 0.603. The predicted molar refractivity (Wildman–Crippen MR) is 67.9 cm³/mol. The molecule has 0 bridgehead atoms. The van der Waals surface area contributed by atoms with Crippen LogP contribution >= 0.6 is 0 Å². The molecular weight excluding hydrogens is 230 g/mol. The summed E-state index contributed by atoms with van der Waals surface area (Å²) in [6, 6.07) is 5.55. The number of fused-ring (bicyclic) bond motifs is 1. The van der Waals surface area contributed by atoms with Crippen molar-refractivity contribution in [2.24, 2.45) is 0 Å². The van der Waals surface area contributed by atoms with Crippen molar-refractivity contribution in [2.75, 3.05) is 13.7 Å². The van der Waals surface area contributed by atoms with E-state index in [1.807, 2.05) is 12.1 Å². The smallest absolute Gasteiger partial charge is 0.330 e. The number of amides is 1. The second-order valence-corrected chi connectivity index (χ2v) is 4.16. The Balaban J connectivity index is 2.16. The fraction of sp³-hybridized carbons (Fsp3) is 0.286. The topological polar surface area (TPSA) is 46.6 Å². The lowest BCUT2D eigenvalue weighted by Gasteiger charge is -2.04. The standard InChI is InChI=1S/C14H15NO3/c1-3-18-13(16)7-5-10-4-6-12-11(8-10)9-15(2)14(12)17/h4-8H,3,9H2,1-2H3. The molecular formula is C14H15NO3. The summed E-state index contributed by atoms with van der Waals surface area (Å²) in [6.45, 7) is 2.75. The maximum atomic E-state index is 11.7. The number of hydrogen-bond donors (Lipinski definition) is 0. The van der Waals surface area contributed by atoms with Gasteiger partial charge in [-0.15, -0.1) is 0 Å². The molecule has 94 valence electrons. The van der Waals surface area contributed by atoms with Gasteiger partial charge < -0.3 is 9.64 Å². The van der Waals surface area contributed by atoms with Crippen LogP contribution in [-0.2, 0) is 16.1 Å². The molecule has 0 unspecified atom stereocenters. The van der Waals surface area contributed by atoms with Crippen molar-refractivity contribution >= 4 is 18.0 Å². The Bertz CT molecular complexity index is 520. The highest BCUT2D eigenvalue weighted by Gasteiger charge is 2.23. The van der Waals surface area contributed by atoms with E-state index in [9.17, 15) is 9.59 Å². The average Bonchev–Trinajstić information content (AvgIpc) is 2.63. The molecule has 4 heteroatoms. The van der Waals surface area contributed by atoms with Crippen molar-refractivity contribution in [1.29, 1.82) is 0 Å². The van der Waals surface area contributed by atoms with Crippen molar-refractivity contribution in [3.05, 3.63) is 41.0 Å². The largest absolute Gasteiger partial charge is 0.463 e. The van der Waals surface area contributed by atoms with Crippen molar-refractivity contribution in [1.82, 2.24) is 4.90 Å². The molecule has 18 heavy (non-hydrogen) atoms. The fourth-order valence-electron chi connectivity index (χ4n) is 1.94.